The Bertz CT molecular complexity index is 817. The Morgan fingerprint density at radius 1 is 0.921 bits per heavy atom. The average molecular weight is 551 g/mol. The third kappa shape index (κ3) is 6.97. The van der Waals surface area contributed by atoms with Crippen LogP contribution in [0.2, 0.25) is 0 Å². The number of carbonyl (C=O) groups is 1. The van der Waals surface area contributed by atoms with Gasteiger partial charge in [-0.05, 0) is 42.7 Å². The Balaban J connectivity index is 1.58. The Labute approximate surface area is 221 Å². The number of aliphatic hydroxyl groups excluding tert-OH is 8. The van der Waals surface area contributed by atoms with Gasteiger partial charge in [0.15, 0.2) is 18.4 Å². The number of aliphatic hydroxyl groups is 8. The second-order valence-electron chi connectivity index (χ2n) is 11.1. The summed E-state index contributed by atoms with van der Waals surface area (Å²) in [4.78, 5) is 12.0. The zero-order valence-electron chi connectivity index (χ0n) is 21.9. The second-order valence-corrected chi connectivity index (χ2v) is 11.1. The standard InChI is InChI=1S/C25H42O13/c1-11(4-5-14-12(8-26)6-13(28)7-25(14,2)3)36-24-22(34)20(32)18(30)16(38-24)10-35-23-21(33)19(31)17(29)15(9-27)37-23/h6,11,14-24,26-27,29-34H,4-5,7-10H2,1-3H3/t11-,14+,15-,16-,17-,18-,19+,20+,21-,22-,23-,24-/m1/s1. The van der Waals surface area contributed by atoms with E-state index in [4.69, 9.17) is 18.9 Å². The zero-order valence-corrected chi connectivity index (χ0v) is 21.9. The molecule has 38 heavy (non-hydrogen) atoms. The molecule has 13 nitrogen and oxygen atoms in total. The third-order valence-electron chi connectivity index (χ3n) is 7.72. The van der Waals surface area contributed by atoms with Gasteiger partial charge in [0.1, 0.15) is 48.8 Å². The van der Waals surface area contributed by atoms with Crippen LogP contribution in [0.1, 0.15) is 40.0 Å². The highest BCUT2D eigenvalue weighted by Gasteiger charge is 2.48. The molecular formula is C25H42O13. The fraction of sp³-hybridized carbons (Fsp3) is 0.880. The van der Waals surface area contributed by atoms with Gasteiger partial charge in [-0.3, -0.25) is 4.79 Å². The Hall–Kier alpha value is -1.07. The van der Waals surface area contributed by atoms with Gasteiger partial charge in [-0.1, -0.05) is 13.8 Å². The molecule has 2 aliphatic heterocycles. The largest absolute Gasteiger partial charge is 0.394 e. The minimum absolute atomic E-state index is 0.0251. The molecular weight excluding hydrogens is 508 g/mol. The number of ether oxygens (including phenoxy) is 4. The van der Waals surface area contributed by atoms with Crippen LogP contribution < -0.4 is 0 Å². The van der Waals surface area contributed by atoms with Gasteiger partial charge in [-0.2, -0.15) is 0 Å². The average Bonchev–Trinajstić information content (AvgIpc) is 2.86. The van der Waals surface area contributed by atoms with Crippen molar-refractivity contribution in [3.63, 3.8) is 0 Å². The highest BCUT2D eigenvalue weighted by atomic mass is 16.7. The smallest absolute Gasteiger partial charge is 0.186 e. The van der Waals surface area contributed by atoms with Gasteiger partial charge in [0.25, 0.3) is 0 Å². The molecule has 0 amide bonds. The van der Waals surface area contributed by atoms with Crippen molar-refractivity contribution in [2.45, 2.75) is 108 Å². The number of ketones is 1. The van der Waals surface area contributed by atoms with E-state index in [0.29, 0.717) is 24.8 Å². The minimum Gasteiger partial charge on any atom is -0.394 e. The van der Waals surface area contributed by atoms with E-state index < -0.39 is 80.7 Å². The molecule has 3 aliphatic rings. The van der Waals surface area contributed by atoms with Gasteiger partial charge in [0.05, 0.1) is 25.9 Å². The molecule has 2 heterocycles. The first-order valence-corrected chi connectivity index (χ1v) is 12.9. The lowest BCUT2D eigenvalue weighted by Crippen LogP contribution is -2.62. The summed E-state index contributed by atoms with van der Waals surface area (Å²) in [5.74, 6) is -0.0802. The Morgan fingerprint density at radius 3 is 2.11 bits per heavy atom. The molecule has 0 bridgehead atoms. The monoisotopic (exact) mass is 550 g/mol. The van der Waals surface area contributed by atoms with Crippen LogP contribution in [0.5, 0.6) is 0 Å². The van der Waals surface area contributed by atoms with Crippen LogP contribution in [-0.4, -0.2) is 134 Å². The third-order valence-corrected chi connectivity index (χ3v) is 7.72. The van der Waals surface area contributed by atoms with Gasteiger partial charge in [-0.15, -0.1) is 0 Å². The highest BCUT2D eigenvalue weighted by Crippen LogP contribution is 2.42. The molecule has 0 aromatic carbocycles. The van der Waals surface area contributed by atoms with E-state index in [1.807, 2.05) is 13.8 Å². The van der Waals surface area contributed by atoms with Crippen molar-refractivity contribution in [1.82, 2.24) is 0 Å². The normalized spacial score (nSPS) is 42.6. The van der Waals surface area contributed by atoms with E-state index >= 15 is 0 Å². The molecule has 220 valence electrons. The fourth-order valence-corrected chi connectivity index (χ4v) is 5.42. The number of hydrogen-bond donors (Lipinski definition) is 8. The van der Waals surface area contributed by atoms with Gasteiger partial charge < -0.3 is 59.8 Å². The maximum atomic E-state index is 12.0. The van der Waals surface area contributed by atoms with Crippen LogP contribution in [0.25, 0.3) is 0 Å². The first kappa shape index (κ1) is 31.5. The van der Waals surface area contributed by atoms with Gasteiger partial charge in [0.2, 0.25) is 0 Å². The number of rotatable bonds is 10. The number of allylic oxidation sites excluding steroid dienone is 1. The summed E-state index contributed by atoms with van der Waals surface area (Å²) in [5.41, 5.74) is 0.314. The first-order chi connectivity index (χ1) is 17.8. The van der Waals surface area contributed by atoms with E-state index in [1.165, 1.54) is 6.08 Å². The van der Waals surface area contributed by atoms with Crippen molar-refractivity contribution in [2.24, 2.45) is 11.3 Å². The lowest BCUT2D eigenvalue weighted by Gasteiger charge is -2.43. The maximum Gasteiger partial charge on any atom is 0.186 e. The molecule has 0 saturated carbocycles. The fourth-order valence-electron chi connectivity index (χ4n) is 5.42. The second kappa shape index (κ2) is 13.1. The zero-order chi connectivity index (χ0) is 28.4. The van der Waals surface area contributed by atoms with E-state index in [-0.39, 0.29) is 23.7 Å². The molecule has 2 fully saturated rings. The predicted octanol–water partition coefficient (Wildman–Crippen LogP) is -2.67. The molecule has 13 heteroatoms. The summed E-state index contributed by atoms with van der Waals surface area (Å²) in [5, 5.41) is 80.2. The van der Waals surface area contributed by atoms with Crippen molar-refractivity contribution in [3.8, 4) is 0 Å². The van der Waals surface area contributed by atoms with Crippen molar-refractivity contribution < 1.29 is 64.6 Å². The summed E-state index contributed by atoms with van der Waals surface area (Å²) < 4.78 is 22.2. The molecule has 2 saturated heterocycles. The maximum absolute atomic E-state index is 12.0. The molecule has 1 aliphatic carbocycles. The molecule has 0 radical (unpaired) electrons. The van der Waals surface area contributed by atoms with E-state index in [0.717, 1.165) is 0 Å². The van der Waals surface area contributed by atoms with E-state index in [9.17, 15) is 45.6 Å². The molecule has 8 N–H and O–H groups in total. The minimum atomic E-state index is -1.66. The van der Waals surface area contributed by atoms with Crippen LogP contribution in [0.4, 0.5) is 0 Å². The van der Waals surface area contributed by atoms with E-state index in [1.54, 1.807) is 6.92 Å². The van der Waals surface area contributed by atoms with Gasteiger partial charge >= 0.3 is 0 Å². The predicted molar refractivity (Wildman–Crippen MR) is 128 cm³/mol. The van der Waals surface area contributed by atoms with Crippen LogP contribution in [-0.2, 0) is 23.7 Å². The lowest BCUT2D eigenvalue weighted by atomic mass is 9.66. The highest BCUT2D eigenvalue weighted by molar-refractivity contribution is 5.92. The first-order valence-electron chi connectivity index (χ1n) is 12.9. The summed E-state index contributed by atoms with van der Waals surface area (Å²) >= 11 is 0. The van der Waals surface area contributed by atoms with Gasteiger partial charge in [-0.25, -0.2) is 0 Å². The van der Waals surface area contributed by atoms with Gasteiger partial charge in [0, 0.05) is 6.42 Å². The van der Waals surface area contributed by atoms with Crippen molar-refractivity contribution in [1.29, 1.82) is 0 Å². The van der Waals surface area contributed by atoms with Crippen molar-refractivity contribution >= 4 is 5.78 Å². The summed E-state index contributed by atoms with van der Waals surface area (Å²) in [6, 6.07) is 0. The number of carbonyl (C=O) groups excluding carboxylic acids is 1. The van der Waals surface area contributed by atoms with E-state index in [2.05, 4.69) is 0 Å². The molecule has 0 unspecified atom stereocenters. The topological polar surface area (TPSA) is 216 Å². The van der Waals surface area contributed by atoms with Crippen molar-refractivity contribution in [2.75, 3.05) is 19.8 Å². The molecule has 12 atom stereocenters. The summed E-state index contributed by atoms with van der Waals surface area (Å²) in [6.45, 7) is 4.37. The quantitative estimate of drug-likeness (QED) is 0.139. The number of hydrogen-bond acceptors (Lipinski definition) is 13. The SMILES string of the molecule is C[C@H](CC[C@H]1C(CO)=CC(=O)CC1(C)C)O[C@@H]1O[C@H](CO[C@@H]2O[C@H](CO)[C@@H](O)[C@H](O)[C@H]2O)[C@@H](O)[C@H](O)[C@H]1O. The Morgan fingerprint density at radius 2 is 1.50 bits per heavy atom. The lowest BCUT2D eigenvalue weighted by molar-refractivity contribution is -0.335. The summed E-state index contributed by atoms with van der Waals surface area (Å²) in [6.07, 6.45) is -12.4. The summed E-state index contributed by atoms with van der Waals surface area (Å²) in [7, 11) is 0. The molecule has 3 rings (SSSR count). The molecule has 0 aromatic rings. The van der Waals surface area contributed by atoms with Crippen LogP contribution in [0.15, 0.2) is 11.6 Å². The molecule has 0 aromatic heterocycles. The molecule has 0 spiro atoms. The van der Waals surface area contributed by atoms with Crippen LogP contribution in [0.3, 0.4) is 0 Å². The Kier molecular flexibility index (Phi) is 10.8. The van der Waals surface area contributed by atoms with Crippen LogP contribution in [0, 0.1) is 11.3 Å². The van der Waals surface area contributed by atoms with Crippen LogP contribution >= 0.6 is 0 Å². The van der Waals surface area contributed by atoms with Crippen molar-refractivity contribution in [3.05, 3.63) is 11.6 Å².